The highest BCUT2D eigenvalue weighted by Crippen LogP contribution is 2.36. The Bertz CT molecular complexity index is 1440. The number of fused-ring (bicyclic) bond motifs is 3. The Balaban J connectivity index is 1.37. The quantitative estimate of drug-likeness (QED) is 0.342. The standard InChI is InChI=1S/C25H18N2O4S/c1-30-22-13-18-17-5-2-3-6-20(17)31-21(18)14-19(22)27-24(28)15-8-10-16(11-9-15)26-25(29)23-7-4-12-32-23/h2-14H,1H3,(H,26,29)(H,27,28). The van der Waals surface area contributed by atoms with Gasteiger partial charge in [-0.25, -0.2) is 0 Å². The van der Waals surface area contributed by atoms with E-state index in [0.29, 0.717) is 33.1 Å². The molecule has 5 rings (SSSR count). The molecule has 5 aromatic rings. The van der Waals surface area contributed by atoms with Crippen LogP contribution < -0.4 is 15.4 Å². The number of nitrogens with one attached hydrogen (secondary N) is 2. The normalized spacial score (nSPS) is 10.9. The Labute approximate surface area is 187 Å². The minimum absolute atomic E-state index is 0.180. The van der Waals surface area contributed by atoms with Crippen molar-refractivity contribution in [2.24, 2.45) is 0 Å². The predicted molar refractivity (Wildman–Crippen MR) is 127 cm³/mol. The van der Waals surface area contributed by atoms with Gasteiger partial charge in [-0.2, -0.15) is 0 Å². The molecule has 0 radical (unpaired) electrons. The van der Waals surface area contributed by atoms with Crippen LogP contribution in [-0.4, -0.2) is 18.9 Å². The number of benzene rings is 3. The number of para-hydroxylation sites is 1. The molecule has 158 valence electrons. The lowest BCUT2D eigenvalue weighted by molar-refractivity contribution is 0.102. The maximum absolute atomic E-state index is 12.8. The summed E-state index contributed by atoms with van der Waals surface area (Å²) >= 11 is 1.37. The van der Waals surface area contributed by atoms with E-state index in [1.165, 1.54) is 11.3 Å². The highest BCUT2D eigenvalue weighted by Gasteiger charge is 2.15. The van der Waals surface area contributed by atoms with E-state index in [0.717, 1.165) is 16.4 Å². The number of amides is 2. The van der Waals surface area contributed by atoms with Crippen molar-refractivity contribution in [3.05, 3.63) is 88.6 Å². The van der Waals surface area contributed by atoms with Crippen molar-refractivity contribution in [1.29, 1.82) is 0 Å². The molecule has 2 aromatic heterocycles. The first-order chi connectivity index (χ1) is 15.6. The van der Waals surface area contributed by atoms with Crippen LogP contribution in [0.15, 0.2) is 82.6 Å². The summed E-state index contributed by atoms with van der Waals surface area (Å²) < 4.78 is 11.4. The molecular formula is C25H18N2O4S. The summed E-state index contributed by atoms with van der Waals surface area (Å²) in [6, 6.07) is 21.7. The van der Waals surface area contributed by atoms with Crippen LogP contribution in [0.5, 0.6) is 5.75 Å². The molecule has 0 aliphatic heterocycles. The third kappa shape index (κ3) is 3.70. The van der Waals surface area contributed by atoms with Gasteiger partial charge in [-0.1, -0.05) is 24.3 Å². The molecule has 6 nitrogen and oxygen atoms in total. The monoisotopic (exact) mass is 442 g/mol. The first-order valence-electron chi connectivity index (χ1n) is 9.88. The van der Waals surface area contributed by atoms with E-state index in [1.807, 2.05) is 41.8 Å². The van der Waals surface area contributed by atoms with E-state index >= 15 is 0 Å². The summed E-state index contributed by atoms with van der Waals surface area (Å²) in [6.45, 7) is 0. The summed E-state index contributed by atoms with van der Waals surface area (Å²) in [6.07, 6.45) is 0. The first-order valence-corrected chi connectivity index (χ1v) is 10.8. The van der Waals surface area contributed by atoms with E-state index < -0.39 is 0 Å². The van der Waals surface area contributed by atoms with Crippen molar-refractivity contribution in [3.8, 4) is 5.75 Å². The summed E-state index contributed by atoms with van der Waals surface area (Å²) in [4.78, 5) is 25.6. The van der Waals surface area contributed by atoms with Gasteiger partial charge in [0.25, 0.3) is 11.8 Å². The Hall–Kier alpha value is -4.10. The van der Waals surface area contributed by atoms with E-state index in [1.54, 1.807) is 43.5 Å². The number of furan rings is 1. The Morgan fingerprint density at radius 2 is 1.66 bits per heavy atom. The number of hydrogen-bond donors (Lipinski definition) is 2. The van der Waals surface area contributed by atoms with Crippen molar-refractivity contribution in [3.63, 3.8) is 0 Å². The molecule has 0 atom stereocenters. The van der Waals surface area contributed by atoms with E-state index in [-0.39, 0.29) is 11.8 Å². The topological polar surface area (TPSA) is 80.6 Å². The first kappa shape index (κ1) is 19.8. The molecule has 0 aliphatic carbocycles. The molecule has 0 saturated carbocycles. The third-order valence-electron chi connectivity index (χ3n) is 5.10. The maximum atomic E-state index is 12.8. The molecule has 2 amide bonds. The van der Waals surface area contributed by atoms with Gasteiger partial charge in [0.05, 0.1) is 17.7 Å². The van der Waals surface area contributed by atoms with Crippen LogP contribution in [-0.2, 0) is 0 Å². The molecule has 0 bridgehead atoms. The lowest BCUT2D eigenvalue weighted by Gasteiger charge is -2.11. The zero-order valence-corrected chi connectivity index (χ0v) is 17.9. The van der Waals surface area contributed by atoms with Gasteiger partial charge < -0.3 is 19.8 Å². The second-order valence-electron chi connectivity index (χ2n) is 7.11. The van der Waals surface area contributed by atoms with Gasteiger partial charge in [0, 0.05) is 28.1 Å². The average Bonchev–Trinajstić information content (AvgIpc) is 3.47. The lowest BCUT2D eigenvalue weighted by Crippen LogP contribution is -2.13. The highest BCUT2D eigenvalue weighted by molar-refractivity contribution is 7.12. The van der Waals surface area contributed by atoms with Crippen molar-refractivity contribution >= 4 is 56.5 Å². The van der Waals surface area contributed by atoms with Gasteiger partial charge in [0.1, 0.15) is 16.9 Å². The van der Waals surface area contributed by atoms with Gasteiger partial charge in [-0.3, -0.25) is 9.59 Å². The Morgan fingerprint density at radius 3 is 2.41 bits per heavy atom. The minimum Gasteiger partial charge on any atom is -0.495 e. The minimum atomic E-state index is -0.296. The molecule has 0 fully saturated rings. The fourth-order valence-corrected chi connectivity index (χ4v) is 4.14. The molecule has 0 unspecified atom stereocenters. The van der Waals surface area contributed by atoms with Gasteiger partial charge in [0.15, 0.2) is 0 Å². The zero-order valence-electron chi connectivity index (χ0n) is 17.0. The summed E-state index contributed by atoms with van der Waals surface area (Å²) in [5.41, 5.74) is 3.01. The van der Waals surface area contributed by atoms with Crippen molar-refractivity contribution in [1.82, 2.24) is 0 Å². The van der Waals surface area contributed by atoms with Crippen LogP contribution in [0.1, 0.15) is 20.0 Å². The van der Waals surface area contributed by atoms with Crippen LogP contribution in [0.4, 0.5) is 11.4 Å². The number of rotatable bonds is 5. The van der Waals surface area contributed by atoms with Gasteiger partial charge in [0.2, 0.25) is 0 Å². The maximum Gasteiger partial charge on any atom is 0.265 e. The van der Waals surface area contributed by atoms with Crippen molar-refractivity contribution in [2.45, 2.75) is 0 Å². The number of carbonyl (C=O) groups is 2. The Morgan fingerprint density at radius 1 is 0.844 bits per heavy atom. The SMILES string of the molecule is COc1cc2c(cc1NC(=O)c1ccc(NC(=O)c3cccs3)cc1)oc1ccccc12. The number of methoxy groups -OCH3 is 1. The van der Waals surface area contributed by atoms with Crippen LogP contribution in [0.25, 0.3) is 21.9 Å². The molecule has 2 heterocycles. The largest absolute Gasteiger partial charge is 0.495 e. The number of thiophene rings is 1. The molecular weight excluding hydrogens is 424 g/mol. The van der Waals surface area contributed by atoms with Crippen LogP contribution >= 0.6 is 11.3 Å². The Kier molecular flexibility index (Phi) is 5.09. The molecule has 2 N–H and O–H groups in total. The van der Waals surface area contributed by atoms with E-state index in [9.17, 15) is 9.59 Å². The second kappa shape index (κ2) is 8.20. The fraction of sp³-hybridized carbons (Fsp3) is 0.0400. The molecule has 3 aromatic carbocycles. The summed E-state index contributed by atoms with van der Waals surface area (Å²) in [5.74, 6) is 0.0632. The van der Waals surface area contributed by atoms with Gasteiger partial charge in [-0.15, -0.1) is 11.3 Å². The number of carbonyl (C=O) groups excluding carboxylic acids is 2. The second-order valence-corrected chi connectivity index (χ2v) is 8.06. The predicted octanol–water partition coefficient (Wildman–Crippen LogP) is 6.16. The van der Waals surface area contributed by atoms with Crippen molar-refractivity contribution in [2.75, 3.05) is 17.7 Å². The summed E-state index contributed by atoms with van der Waals surface area (Å²) in [5, 5.41) is 9.46. The average molecular weight is 442 g/mol. The van der Waals surface area contributed by atoms with Gasteiger partial charge in [-0.05, 0) is 47.8 Å². The van der Waals surface area contributed by atoms with Crippen LogP contribution in [0.3, 0.4) is 0 Å². The van der Waals surface area contributed by atoms with E-state index in [2.05, 4.69) is 10.6 Å². The molecule has 0 saturated heterocycles. The van der Waals surface area contributed by atoms with E-state index in [4.69, 9.17) is 9.15 Å². The number of anilines is 2. The van der Waals surface area contributed by atoms with Gasteiger partial charge >= 0.3 is 0 Å². The third-order valence-corrected chi connectivity index (χ3v) is 5.97. The smallest absolute Gasteiger partial charge is 0.265 e. The highest BCUT2D eigenvalue weighted by atomic mass is 32.1. The lowest BCUT2D eigenvalue weighted by atomic mass is 10.1. The number of hydrogen-bond acceptors (Lipinski definition) is 5. The summed E-state index contributed by atoms with van der Waals surface area (Å²) in [7, 11) is 1.56. The van der Waals surface area contributed by atoms with Crippen LogP contribution in [0, 0.1) is 0 Å². The molecule has 0 spiro atoms. The molecule has 0 aliphatic rings. The molecule has 32 heavy (non-hydrogen) atoms. The molecule has 7 heteroatoms. The number of ether oxygens (including phenoxy) is 1. The van der Waals surface area contributed by atoms with Crippen molar-refractivity contribution < 1.29 is 18.7 Å². The zero-order chi connectivity index (χ0) is 22.1. The fourth-order valence-electron chi connectivity index (χ4n) is 3.52. The van der Waals surface area contributed by atoms with Crippen LogP contribution in [0.2, 0.25) is 0 Å².